The van der Waals surface area contributed by atoms with Crippen molar-refractivity contribution in [2.75, 3.05) is 5.73 Å². The minimum atomic E-state index is -0.300. The molecular formula is C8H6FN3S2. The first-order chi connectivity index (χ1) is 6.75. The van der Waals surface area contributed by atoms with E-state index in [1.807, 2.05) is 0 Å². The highest BCUT2D eigenvalue weighted by molar-refractivity contribution is 8.01. The first kappa shape index (κ1) is 9.42. The van der Waals surface area contributed by atoms with Gasteiger partial charge in [0, 0.05) is 10.6 Å². The molecule has 1 heterocycles. The molecule has 0 spiro atoms. The van der Waals surface area contributed by atoms with Crippen LogP contribution in [0.5, 0.6) is 0 Å². The predicted octanol–water partition coefficient (Wildman–Crippen LogP) is 2.41. The number of aromatic nitrogens is 2. The van der Waals surface area contributed by atoms with Crippen LogP contribution in [0.1, 0.15) is 0 Å². The van der Waals surface area contributed by atoms with Crippen molar-refractivity contribution in [3.05, 3.63) is 30.3 Å². The standard InChI is InChI=1S/C8H6FN3S2/c9-5-1-2-6(10)7(3-5)13-8-11-4-12-14-8/h1-4H,10H2. The number of benzene rings is 1. The summed E-state index contributed by atoms with van der Waals surface area (Å²) in [7, 11) is 0. The fraction of sp³-hybridized carbons (Fsp3) is 0. The van der Waals surface area contributed by atoms with Crippen molar-refractivity contribution in [3.63, 3.8) is 0 Å². The third-order valence-corrected chi connectivity index (χ3v) is 3.30. The van der Waals surface area contributed by atoms with Crippen molar-refractivity contribution in [1.29, 1.82) is 0 Å². The van der Waals surface area contributed by atoms with Crippen LogP contribution in [-0.2, 0) is 0 Å². The Kier molecular flexibility index (Phi) is 2.64. The molecule has 1 aromatic heterocycles. The maximum absolute atomic E-state index is 12.9. The molecule has 3 nitrogen and oxygen atoms in total. The average Bonchev–Trinajstić information content (AvgIpc) is 2.64. The fourth-order valence-corrected chi connectivity index (χ4v) is 2.37. The second kappa shape index (κ2) is 3.93. The molecule has 0 aliphatic rings. The van der Waals surface area contributed by atoms with E-state index in [0.29, 0.717) is 10.6 Å². The predicted molar refractivity (Wildman–Crippen MR) is 54.8 cm³/mol. The second-order valence-corrected chi connectivity index (χ2v) is 4.56. The van der Waals surface area contributed by atoms with Gasteiger partial charge in [0.05, 0.1) is 0 Å². The molecule has 6 heteroatoms. The van der Waals surface area contributed by atoms with Gasteiger partial charge in [-0.3, -0.25) is 0 Å². The molecule has 0 radical (unpaired) electrons. The quantitative estimate of drug-likeness (QED) is 0.800. The second-order valence-electron chi connectivity index (χ2n) is 2.49. The smallest absolute Gasteiger partial charge is 0.174 e. The number of nitrogens with two attached hydrogens (primary N) is 1. The Morgan fingerprint density at radius 1 is 1.43 bits per heavy atom. The summed E-state index contributed by atoms with van der Waals surface area (Å²) in [5.41, 5.74) is 6.22. The summed E-state index contributed by atoms with van der Waals surface area (Å²) in [6, 6.07) is 4.26. The molecule has 0 saturated heterocycles. The highest BCUT2D eigenvalue weighted by Gasteiger charge is 2.05. The van der Waals surface area contributed by atoms with Crippen LogP contribution in [-0.4, -0.2) is 9.36 Å². The molecule has 72 valence electrons. The van der Waals surface area contributed by atoms with Crippen LogP contribution in [0.25, 0.3) is 0 Å². The molecule has 2 N–H and O–H groups in total. The van der Waals surface area contributed by atoms with Gasteiger partial charge in [-0.25, -0.2) is 9.37 Å². The summed E-state index contributed by atoms with van der Waals surface area (Å²) in [5.74, 6) is -0.300. The van der Waals surface area contributed by atoms with E-state index in [1.54, 1.807) is 6.07 Å². The third-order valence-electron chi connectivity index (χ3n) is 1.51. The average molecular weight is 227 g/mol. The van der Waals surface area contributed by atoms with Crippen molar-refractivity contribution >= 4 is 29.0 Å². The topological polar surface area (TPSA) is 51.8 Å². The molecule has 0 aliphatic heterocycles. The summed E-state index contributed by atoms with van der Waals surface area (Å²) in [5, 5.41) is 0. The lowest BCUT2D eigenvalue weighted by Crippen LogP contribution is -1.88. The Hall–Kier alpha value is -1.14. The molecule has 0 unspecified atom stereocenters. The van der Waals surface area contributed by atoms with E-state index in [-0.39, 0.29) is 5.82 Å². The SMILES string of the molecule is Nc1ccc(F)cc1Sc1ncns1. The van der Waals surface area contributed by atoms with Gasteiger partial charge in [0.25, 0.3) is 0 Å². The fourth-order valence-electron chi connectivity index (χ4n) is 0.899. The first-order valence-electron chi connectivity index (χ1n) is 3.75. The van der Waals surface area contributed by atoms with Crippen molar-refractivity contribution < 1.29 is 4.39 Å². The van der Waals surface area contributed by atoms with Gasteiger partial charge < -0.3 is 5.73 Å². The number of hydrogen-bond donors (Lipinski definition) is 1. The molecule has 0 amide bonds. The van der Waals surface area contributed by atoms with Crippen LogP contribution in [0.2, 0.25) is 0 Å². The minimum absolute atomic E-state index is 0.300. The molecule has 2 rings (SSSR count). The van der Waals surface area contributed by atoms with Crippen molar-refractivity contribution in [2.45, 2.75) is 9.24 Å². The van der Waals surface area contributed by atoms with Gasteiger partial charge >= 0.3 is 0 Å². The van der Waals surface area contributed by atoms with Gasteiger partial charge in [-0.1, -0.05) is 11.8 Å². The number of nitrogen functional groups attached to an aromatic ring is 1. The van der Waals surface area contributed by atoms with E-state index < -0.39 is 0 Å². The molecule has 0 atom stereocenters. The number of hydrogen-bond acceptors (Lipinski definition) is 5. The van der Waals surface area contributed by atoms with E-state index in [9.17, 15) is 4.39 Å². The molecule has 0 fully saturated rings. The Bertz CT molecular complexity index is 430. The van der Waals surface area contributed by atoms with E-state index in [1.165, 1.54) is 41.8 Å². The zero-order valence-corrected chi connectivity index (χ0v) is 8.61. The Labute approximate surface area is 88.3 Å². The number of nitrogens with zero attached hydrogens (tertiary/aromatic N) is 2. The summed E-state index contributed by atoms with van der Waals surface area (Å²) in [6.45, 7) is 0. The first-order valence-corrected chi connectivity index (χ1v) is 5.34. The van der Waals surface area contributed by atoms with Crippen LogP contribution in [0, 0.1) is 5.82 Å². The highest BCUT2D eigenvalue weighted by Crippen LogP contribution is 2.32. The molecule has 0 bridgehead atoms. The van der Waals surface area contributed by atoms with Gasteiger partial charge in [-0.05, 0) is 29.7 Å². The van der Waals surface area contributed by atoms with Gasteiger partial charge in [-0.15, -0.1) is 0 Å². The lowest BCUT2D eigenvalue weighted by Gasteiger charge is -2.01. The van der Waals surface area contributed by atoms with Gasteiger partial charge in [0.15, 0.2) is 4.34 Å². The lowest BCUT2D eigenvalue weighted by molar-refractivity contribution is 0.624. The van der Waals surface area contributed by atoms with Crippen molar-refractivity contribution in [3.8, 4) is 0 Å². The summed E-state index contributed by atoms with van der Waals surface area (Å²) < 4.78 is 17.5. The summed E-state index contributed by atoms with van der Waals surface area (Å²) >= 11 is 2.57. The monoisotopic (exact) mass is 227 g/mol. The minimum Gasteiger partial charge on any atom is -0.398 e. The molecular weight excluding hydrogens is 221 g/mol. The van der Waals surface area contributed by atoms with E-state index in [2.05, 4.69) is 9.36 Å². The molecule has 0 aliphatic carbocycles. The lowest BCUT2D eigenvalue weighted by atomic mass is 10.3. The van der Waals surface area contributed by atoms with E-state index in [4.69, 9.17) is 5.73 Å². The zero-order chi connectivity index (χ0) is 9.97. The number of rotatable bonds is 2. The third kappa shape index (κ3) is 2.02. The van der Waals surface area contributed by atoms with Gasteiger partial charge in [0.1, 0.15) is 12.1 Å². The summed E-state index contributed by atoms with van der Waals surface area (Å²) in [6.07, 6.45) is 1.46. The number of anilines is 1. The number of halogens is 1. The van der Waals surface area contributed by atoms with Crippen LogP contribution in [0.3, 0.4) is 0 Å². The summed E-state index contributed by atoms with van der Waals surface area (Å²) in [4.78, 5) is 4.64. The molecule has 14 heavy (non-hydrogen) atoms. The van der Waals surface area contributed by atoms with E-state index in [0.717, 1.165) is 4.34 Å². The molecule has 0 saturated carbocycles. The van der Waals surface area contributed by atoms with E-state index >= 15 is 0 Å². The Morgan fingerprint density at radius 2 is 2.29 bits per heavy atom. The molecule has 2 aromatic rings. The maximum Gasteiger partial charge on any atom is 0.174 e. The van der Waals surface area contributed by atoms with Crippen LogP contribution in [0.4, 0.5) is 10.1 Å². The van der Waals surface area contributed by atoms with Crippen molar-refractivity contribution in [2.24, 2.45) is 0 Å². The normalized spacial score (nSPS) is 10.4. The van der Waals surface area contributed by atoms with Crippen LogP contribution in [0.15, 0.2) is 33.8 Å². The Balaban J connectivity index is 2.28. The molecule has 1 aromatic carbocycles. The maximum atomic E-state index is 12.9. The zero-order valence-electron chi connectivity index (χ0n) is 6.98. The van der Waals surface area contributed by atoms with Crippen LogP contribution >= 0.6 is 23.3 Å². The van der Waals surface area contributed by atoms with Crippen LogP contribution < -0.4 is 5.73 Å². The van der Waals surface area contributed by atoms with Gasteiger partial charge in [0.2, 0.25) is 0 Å². The van der Waals surface area contributed by atoms with Crippen molar-refractivity contribution in [1.82, 2.24) is 9.36 Å². The highest BCUT2D eigenvalue weighted by atomic mass is 32.2. The largest absolute Gasteiger partial charge is 0.398 e. The Morgan fingerprint density at radius 3 is 3.00 bits per heavy atom. The van der Waals surface area contributed by atoms with Gasteiger partial charge in [-0.2, -0.15) is 4.37 Å².